The molecule has 0 saturated carbocycles. The Morgan fingerprint density at radius 3 is 2.96 bits per heavy atom. The first kappa shape index (κ1) is 15.9. The second-order valence-corrected chi connectivity index (χ2v) is 6.35. The summed E-state index contributed by atoms with van der Waals surface area (Å²) in [6.07, 6.45) is 5.58. The van der Waals surface area contributed by atoms with E-state index in [0.717, 1.165) is 31.5 Å². The van der Waals surface area contributed by atoms with Gasteiger partial charge < -0.3 is 10.2 Å². The van der Waals surface area contributed by atoms with Crippen LogP contribution < -0.4 is 5.32 Å². The molecular formula is C17H24N4O2. The van der Waals surface area contributed by atoms with E-state index in [9.17, 15) is 9.59 Å². The SMILES string of the molecule is CN1CCC[C@@H]1c1ccnc(C(=O)NCCN2CCCC2=O)c1. The molecule has 3 rings (SSSR count). The number of carbonyl (C=O) groups excluding carboxylic acids is 2. The minimum atomic E-state index is -0.167. The minimum Gasteiger partial charge on any atom is -0.349 e. The maximum absolute atomic E-state index is 12.3. The van der Waals surface area contributed by atoms with Crippen molar-refractivity contribution in [2.24, 2.45) is 0 Å². The van der Waals surface area contributed by atoms with Gasteiger partial charge in [0.2, 0.25) is 5.91 Å². The molecule has 2 saturated heterocycles. The number of carbonyl (C=O) groups is 2. The van der Waals surface area contributed by atoms with Gasteiger partial charge in [-0.3, -0.25) is 19.5 Å². The van der Waals surface area contributed by atoms with Crippen molar-refractivity contribution >= 4 is 11.8 Å². The summed E-state index contributed by atoms with van der Waals surface area (Å²) in [6.45, 7) is 2.95. The third-order valence-electron chi connectivity index (χ3n) is 4.76. The highest BCUT2D eigenvalue weighted by Crippen LogP contribution is 2.30. The second-order valence-electron chi connectivity index (χ2n) is 6.35. The molecule has 2 aliphatic heterocycles. The van der Waals surface area contributed by atoms with Gasteiger partial charge in [-0.2, -0.15) is 0 Å². The minimum absolute atomic E-state index is 0.167. The molecule has 6 heteroatoms. The maximum Gasteiger partial charge on any atom is 0.269 e. The lowest BCUT2D eigenvalue weighted by Crippen LogP contribution is -2.35. The number of nitrogens with one attached hydrogen (secondary N) is 1. The summed E-state index contributed by atoms with van der Waals surface area (Å²) >= 11 is 0. The van der Waals surface area contributed by atoms with Crippen LogP contribution in [0.2, 0.25) is 0 Å². The lowest BCUT2D eigenvalue weighted by Gasteiger charge is -2.20. The van der Waals surface area contributed by atoms with Gasteiger partial charge in [-0.05, 0) is 50.6 Å². The lowest BCUT2D eigenvalue weighted by atomic mass is 10.1. The Labute approximate surface area is 136 Å². The predicted octanol–water partition coefficient (Wildman–Crippen LogP) is 1.20. The molecule has 1 atom stereocenters. The summed E-state index contributed by atoms with van der Waals surface area (Å²) in [7, 11) is 2.12. The number of likely N-dealkylation sites (tertiary alicyclic amines) is 2. The summed E-state index contributed by atoms with van der Waals surface area (Å²) in [6, 6.07) is 4.27. The number of aromatic nitrogens is 1. The van der Waals surface area contributed by atoms with Crippen LogP contribution in [0, 0.1) is 0 Å². The van der Waals surface area contributed by atoms with E-state index in [1.54, 1.807) is 11.1 Å². The third kappa shape index (κ3) is 3.69. The van der Waals surface area contributed by atoms with Gasteiger partial charge in [0, 0.05) is 38.3 Å². The van der Waals surface area contributed by atoms with Gasteiger partial charge in [-0.1, -0.05) is 0 Å². The third-order valence-corrected chi connectivity index (χ3v) is 4.76. The Bertz CT molecular complexity index is 590. The quantitative estimate of drug-likeness (QED) is 0.886. The molecule has 23 heavy (non-hydrogen) atoms. The molecule has 1 N–H and O–H groups in total. The van der Waals surface area contributed by atoms with Crippen LogP contribution in [-0.4, -0.2) is 59.8 Å². The number of hydrogen-bond donors (Lipinski definition) is 1. The Hall–Kier alpha value is -1.95. The smallest absolute Gasteiger partial charge is 0.269 e. The van der Waals surface area contributed by atoms with Gasteiger partial charge in [-0.25, -0.2) is 0 Å². The molecule has 1 aromatic rings. The first-order valence-electron chi connectivity index (χ1n) is 8.37. The standard InChI is InChI=1S/C17H24N4O2/c1-20-9-2-4-15(20)13-6-7-18-14(12-13)17(23)19-8-11-21-10-3-5-16(21)22/h6-7,12,15H,2-5,8-11H2,1H3,(H,19,23)/t15-/m1/s1. The van der Waals surface area contributed by atoms with Crippen molar-refractivity contribution in [2.75, 3.05) is 33.2 Å². The van der Waals surface area contributed by atoms with Gasteiger partial charge in [0.05, 0.1) is 0 Å². The molecule has 1 aromatic heterocycles. The van der Waals surface area contributed by atoms with Crippen molar-refractivity contribution in [2.45, 2.75) is 31.7 Å². The average Bonchev–Trinajstić information content (AvgIpc) is 3.16. The zero-order chi connectivity index (χ0) is 16.2. The Kier molecular flexibility index (Phi) is 4.91. The molecule has 2 aliphatic rings. The molecule has 0 spiro atoms. The fourth-order valence-corrected chi connectivity index (χ4v) is 3.45. The normalized spacial score (nSPS) is 21.9. The highest BCUT2D eigenvalue weighted by Gasteiger charge is 2.23. The number of amides is 2. The average molecular weight is 316 g/mol. The number of hydrogen-bond acceptors (Lipinski definition) is 4. The van der Waals surface area contributed by atoms with Crippen LogP contribution >= 0.6 is 0 Å². The molecular weight excluding hydrogens is 292 g/mol. The van der Waals surface area contributed by atoms with E-state index in [1.807, 2.05) is 12.1 Å². The first-order chi connectivity index (χ1) is 11.1. The van der Waals surface area contributed by atoms with E-state index in [0.29, 0.717) is 31.2 Å². The van der Waals surface area contributed by atoms with E-state index < -0.39 is 0 Å². The molecule has 0 aliphatic carbocycles. The molecule has 0 radical (unpaired) electrons. The highest BCUT2D eigenvalue weighted by molar-refractivity contribution is 5.92. The molecule has 2 amide bonds. The molecule has 0 bridgehead atoms. The van der Waals surface area contributed by atoms with Crippen LogP contribution in [0.3, 0.4) is 0 Å². The van der Waals surface area contributed by atoms with Crippen LogP contribution in [0.1, 0.15) is 47.8 Å². The van der Waals surface area contributed by atoms with Crippen molar-refractivity contribution in [1.29, 1.82) is 0 Å². The van der Waals surface area contributed by atoms with Crippen molar-refractivity contribution in [3.05, 3.63) is 29.6 Å². The van der Waals surface area contributed by atoms with Gasteiger partial charge in [0.1, 0.15) is 5.69 Å². The van der Waals surface area contributed by atoms with E-state index in [4.69, 9.17) is 0 Å². The molecule has 124 valence electrons. The van der Waals surface area contributed by atoms with E-state index in [2.05, 4.69) is 22.2 Å². The predicted molar refractivity (Wildman–Crippen MR) is 87.0 cm³/mol. The summed E-state index contributed by atoms with van der Waals surface area (Å²) in [5.74, 6) is 0.0165. The second kappa shape index (κ2) is 7.08. The molecule has 0 unspecified atom stereocenters. The zero-order valence-corrected chi connectivity index (χ0v) is 13.6. The van der Waals surface area contributed by atoms with E-state index in [1.165, 1.54) is 6.42 Å². The largest absolute Gasteiger partial charge is 0.349 e. The Morgan fingerprint density at radius 2 is 2.26 bits per heavy atom. The molecule has 6 nitrogen and oxygen atoms in total. The van der Waals surface area contributed by atoms with Gasteiger partial charge in [0.15, 0.2) is 0 Å². The summed E-state index contributed by atoms with van der Waals surface area (Å²) in [5, 5.41) is 2.87. The van der Waals surface area contributed by atoms with Crippen LogP contribution in [0.5, 0.6) is 0 Å². The maximum atomic E-state index is 12.3. The topological polar surface area (TPSA) is 65.5 Å². The van der Waals surface area contributed by atoms with Gasteiger partial charge in [0.25, 0.3) is 5.91 Å². The van der Waals surface area contributed by atoms with E-state index in [-0.39, 0.29) is 11.8 Å². The Balaban J connectivity index is 1.55. The fraction of sp³-hybridized carbons (Fsp3) is 0.588. The van der Waals surface area contributed by atoms with Gasteiger partial charge in [-0.15, -0.1) is 0 Å². The van der Waals surface area contributed by atoms with Crippen LogP contribution in [0.4, 0.5) is 0 Å². The molecule has 3 heterocycles. The molecule has 0 aromatic carbocycles. The van der Waals surface area contributed by atoms with Crippen molar-refractivity contribution < 1.29 is 9.59 Å². The number of pyridine rings is 1. The van der Waals surface area contributed by atoms with Crippen molar-refractivity contribution in [3.8, 4) is 0 Å². The number of rotatable bonds is 5. The van der Waals surface area contributed by atoms with Crippen molar-refractivity contribution in [1.82, 2.24) is 20.1 Å². The Morgan fingerprint density at radius 1 is 1.39 bits per heavy atom. The van der Waals surface area contributed by atoms with Crippen LogP contribution in [-0.2, 0) is 4.79 Å². The number of nitrogens with zero attached hydrogens (tertiary/aromatic N) is 3. The fourth-order valence-electron chi connectivity index (χ4n) is 3.45. The van der Waals surface area contributed by atoms with Gasteiger partial charge >= 0.3 is 0 Å². The first-order valence-corrected chi connectivity index (χ1v) is 8.37. The highest BCUT2D eigenvalue weighted by atomic mass is 16.2. The van der Waals surface area contributed by atoms with E-state index >= 15 is 0 Å². The van der Waals surface area contributed by atoms with Crippen LogP contribution in [0.15, 0.2) is 18.3 Å². The molecule has 2 fully saturated rings. The monoisotopic (exact) mass is 316 g/mol. The van der Waals surface area contributed by atoms with Crippen LogP contribution in [0.25, 0.3) is 0 Å². The summed E-state index contributed by atoms with van der Waals surface area (Å²) in [5.41, 5.74) is 1.61. The zero-order valence-electron chi connectivity index (χ0n) is 13.6. The lowest BCUT2D eigenvalue weighted by molar-refractivity contribution is -0.127. The summed E-state index contributed by atoms with van der Waals surface area (Å²) in [4.78, 5) is 32.1. The van der Waals surface area contributed by atoms with Crippen molar-refractivity contribution in [3.63, 3.8) is 0 Å². The summed E-state index contributed by atoms with van der Waals surface area (Å²) < 4.78 is 0.